The number of rotatable bonds is 5. The lowest BCUT2D eigenvalue weighted by Crippen LogP contribution is -2.32. The fourth-order valence-electron chi connectivity index (χ4n) is 1.37. The Morgan fingerprint density at radius 3 is 2.92 bits per heavy atom. The smallest absolute Gasteiger partial charge is 0.0700 e. The van der Waals surface area contributed by atoms with Crippen LogP contribution in [0.25, 0.3) is 0 Å². The van der Waals surface area contributed by atoms with E-state index in [1.807, 2.05) is 0 Å². The lowest BCUT2D eigenvalue weighted by Gasteiger charge is -2.13. The Morgan fingerprint density at radius 1 is 1.50 bits per heavy atom. The zero-order valence-electron chi connectivity index (χ0n) is 8.18. The number of nitrogens with one attached hydrogen (secondary N) is 1. The molecule has 0 aromatic carbocycles. The molecular weight excluding hydrogens is 152 g/mol. The van der Waals surface area contributed by atoms with Crippen molar-refractivity contribution in [3.63, 3.8) is 0 Å². The van der Waals surface area contributed by atoms with Crippen molar-refractivity contribution in [1.82, 2.24) is 10.2 Å². The van der Waals surface area contributed by atoms with Crippen molar-refractivity contribution in [3.8, 4) is 0 Å². The zero-order valence-corrected chi connectivity index (χ0v) is 8.18. The van der Waals surface area contributed by atoms with Crippen LogP contribution < -0.4 is 5.32 Å². The molecule has 1 saturated heterocycles. The van der Waals surface area contributed by atoms with Crippen LogP contribution in [-0.4, -0.2) is 51.3 Å². The predicted molar refractivity (Wildman–Crippen MR) is 50.4 cm³/mol. The van der Waals surface area contributed by atoms with Gasteiger partial charge in [-0.1, -0.05) is 0 Å². The molecule has 12 heavy (non-hydrogen) atoms. The predicted octanol–water partition coefficient (Wildman–Crippen LogP) is 0.317. The van der Waals surface area contributed by atoms with Gasteiger partial charge < -0.3 is 15.0 Å². The number of nitrogens with zero attached hydrogens (tertiary/aromatic N) is 1. The molecule has 1 heterocycles. The highest BCUT2D eigenvalue weighted by Gasteiger charge is 2.13. The molecule has 72 valence electrons. The average molecular weight is 172 g/mol. The normalized spacial score (nSPS) is 23.8. The molecule has 1 unspecified atom stereocenters. The van der Waals surface area contributed by atoms with E-state index in [0.717, 1.165) is 26.2 Å². The van der Waals surface area contributed by atoms with E-state index in [2.05, 4.69) is 24.3 Å². The van der Waals surface area contributed by atoms with Gasteiger partial charge >= 0.3 is 0 Å². The maximum Gasteiger partial charge on any atom is 0.0700 e. The van der Waals surface area contributed by atoms with Crippen molar-refractivity contribution in [1.29, 1.82) is 0 Å². The van der Waals surface area contributed by atoms with Gasteiger partial charge in [0.15, 0.2) is 0 Å². The van der Waals surface area contributed by atoms with Crippen LogP contribution in [-0.2, 0) is 4.74 Å². The summed E-state index contributed by atoms with van der Waals surface area (Å²) in [6.45, 7) is 4.15. The van der Waals surface area contributed by atoms with Gasteiger partial charge in [-0.3, -0.25) is 0 Å². The summed E-state index contributed by atoms with van der Waals surface area (Å²) in [5, 5.41) is 3.39. The molecule has 0 radical (unpaired) electrons. The van der Waals surface area contributed by atoms with Gasteiger partial charge in [0.2, 0.25) is 0 Å². The van der Waals surface area contributed by atoms with E-state index in [0.29, 0.717) is 6.10 Å². The molecular formula is C9H20N2O. The molecule has 0 aliphatic carbocycles. The summed E-state index contributed by atoms with van der Waals surface area (Å²) in [5.74, 6) is 0. The van der Waals surface area contributed by atoms with Crippen molar-refractivity contribution < 1.29 is 4.74 Å². The van der Waals surface area contributed by atoms with Gasteiger partial charge in [-0.15, -0.1) is 0 Å². The van der Waals surface area contributed by atoms with Crippen LogP contribution in [0.4, 0.5) is 0 Å². The summed E-state index contributed by atoms with van der Waals surface area (Å²) in [4.78, 5) is 2.18. The molecule has 3 nitrogen and oxygen atoms in total. The van der Waals surface area contributed by atoms with Gasteiger partial charge in [0.25, 0.3) is 0 Å². The highest BCUT2D eigenvalue weighted by atomic mass is 16.5. The second kappa shape index (κ2) is 5.51. The van der Waals surface area contributed by atoms with Crippen LogP contribution in [0, 0.1) is 0 Å². The van der Waals surface area contributed by atoms with E-state index in [1.54, 1.807) is 0 Å². The number of ether oxygens (including phenoxy) is 1. The first-order valence-corrected chi connectivity index (χ1v) is 4.76. The second-order valence-corrected chi connectivity index (χ2v) is 3.64. The SMILES string of the molecule is CN(C)CCNCC1CCCO1. The molecule has 1 rings (SSSR count). The topological polar surface area (TPSA) is 24.5 Å². The van der Waals surface area contributed by atoms with Crippen molar-refractivity contribution in [2.75, 3.05) is 40.3 Å². The van der Waals surface area contributed by atoms with E-state index in [1.165, 1.54) is 12.8 Å². The Bertz CT molecular complexity index is 111. The molecule has 0 aromatic rings. The van der Waals surface area contributed by atoms with Gasteiger partial charge in [0.05, 0.1) is 6.10 Å². The third kappa shape index (κ3) is 4.04. The van der Waals surface area contributed by atoms with Crippen LogP contribution in [0.3, 0.4) is 0 Å². The Kier molecular flexibility index (Phi) is 4.58. The minimum Gasteiger partial charge on any atom is -0.377 e. The quantitative estimate of drug-likeness (QED) is 0.604. The standard InChI is InChI=1S/C9H20N2O/c1-11(2)6-5-10-8-9-4-3-7-12-9/h9-10H,3-8H2,1-2H3. The third-order valence-corrected chi connectivity index (χ3v) is 2.13. The summed E-state index contributed by atoms with van der Waals surface area (Å²) in [6.07, 6.45) is 2.95. The molecule has 0 spiro atoms. The Hall–Kier alpha value is -0.120. The largest absolute Gasteiger partial charge is 0.377 e. The maximum atomic E-state index is 5.48. The molecule has 1 N–H and O–H groups in total. The van der Waals surface area contributed by atoms with Crippen LogP contribution >= 0.6 is 0 Å². The summed E-state index contributed by atoms with van der Waals surface area (Å²) in [7, 11) is 4.18. The van der Waals surface area contributed by atoms with Crippen molar-refractivity contribution in [2.45, 2.75) is 18.9 Å². The molecule has 0 aromatic heterocycles. The number of likely N-dealkylation sites (N-methyl/N-ethyl adjacent to an activating group) is 1. The molecule has 0 bridgehead atoms. The Labute approximate surface area is 75.1 Å². The molecule has 1 fully saturated rings. The fraction of sp³-hybridized carbons (Fsp3) is 1.00. The lowest BCUT2D eigenvalue weighted by atomic mass is 10.2. The van der Waals surface area contributed by atoms with Crippen LogP contribution in [0.1, 0.15) is 12.8 Å². The van der Waals surface area contributed by atoms with Crippen LogP contribution in [0.5, 0.6) is 0 Å². The monoisotopic (exact) mass is 172 g/mol. The van der Waals surface area contributed by atoms with Crippen molar-refractivity contribution in [3.05, 3.63) is 0 Å². The van der Waals surface area contributed by atoms with E-state index >= 15 is 0 Å². The summed E-state index contributed by atoms with van der Waals surface area (Å²) in [5.41, 5.74) is 0. The van der Waals surface area contributed by atoms with E-state index in [4.69, 9.17) is 4.74 Å². The highest BCUT2D eigenvalue weighted by Crippen LogP contribution is 2.10. The molecule has 0 saturated carbocycles. The van der Waals surface area contributed by atoms with Gasteiger partial charge in [-0.25, -0.2) is 0 Å². The summed E-state index contributed by atoms with van der Waals surface area (Å²) in [6, 6.07) is 0. The summed E-state index contributed by atoms with van der Waals surface area (Å²) < 4.78 is 5.48. The minimum atomic E-state index is 0.479. The maximum absolute atomic E-state index is 5.48. The first-order chi connectivity index (χ1) is 5.79. The van der Waals surface area contributed by atoms with Crippen molar-refractivity contribution in [2.24, 2.45) is 0 Å². The summed E-state index contributed by atoms with van der Waals surface area (Å²) >= 11 is 0. The van der Waals surface area contributed by atoms with Gasteiger partial charge in [-0.05, 0) is 26.9 Å². The van der Waals surface area contributed by atoms with Crippen molar-refractivity contribution >= 4 is 0 Å². The number of hydrogen-bond donors (Lipinski definition) is 1. The molecule has 0 amide bonds. The second-order valence-electron chi connectivity index (χ2n) is 3.64. The highest BCUT2D eigenvalue weighted by molar-refractivity contribution is 4.67. The number of hydrogen-bond acceptors (Lipinski definition) is 3. The lowest BCUT2D eigenvalue weighted by molar-refractivity contribution is 0.110. The molecule has 1 aliphatic heterocycles. The Morgan fingerprint density at radius 2 is 2.33 bits per heavy atom. The zero-order chi connectivity index (χ0) is 8.81. The van der Waals surface area contributed by atoms with Gasteiger partial charge in [0, 0.05) is 26.2 Å². The minimum absolute atomic E-state index is 0.479. The first-order valence-electron chi connectivity index (χ1n) is 4.76. The molecule has 3 heteroatoms. The molecule has 1 atom stereocenters. The average Bonchev–Trinajstić information content (AvgIpc) is 2.49. The van der Waals surface area contributed by atoms with Gasteiger partial charge in [-0.2, -0.15) is 0 Å². The molecule has 1 aliphatic rings. The van der Waals surface area contributed by atoms with E-state index < -0.39 is 0 Å². The third-order valence-electron chi connectivity index (χ3n) is 2.13. The van der Waals surface area contributed by atoms with Gasteiger partial charge in [0.1, 0.15) is 0 Å². The van der Waals surface area contributed by atoms with E-state index in [9.17, 15) is 0 Å². The van der Waals surface area contributed by atoms with E-state index in [-0.39, 0.29) is 0 Å². The van der Waals surface area contributed by atoms with Crippen LogP contribution in [0.15, 0.2) is 0 Å². The first kappa shape index (κ1) is 9.96. The fourth-order valence-corrected chi connectivity index (χ4v) is 1.37. The van der Waals surface area contributed by atoms with Crippen LogP contribution in [0.2, 0.25) is 0 Å². The Balaban J connectivity index is 1.88.